The molecule has 0 aromatic carbocycles. The molecule has 0 bridgehead atoms. The lowest BCUT2D eigenvalue weighted by Gasteiger charge is -2.52. The van der Waals surface area contributed by atoms with Gasteiger partial charge in [0, 0.05) is 25.2 Å². The van der Waals surface area contributed by atoms with Crippen molar-refractivity contribution in [1.82, 2.24) is 9.80 Å². The summed E-state index contributed by atoms with van der Waals surface area (Å²) in [5, 5.41) is 0. The van der Waals surface area contributed by atoms with Gasteiger partial charge in [0.15, 0.2) is 0 Å². The van der Waals surface area contributed by atoms with Gasteiger partial charge in [0.1, 0.15) is 0 Å². The van der Waals surface area contributed by atoms with Crippen molar-refractivity contribution >= 4 is 11.8 Å². The summed E-state index contributed by atoms with van der Waals surface area (Å²) in [7, 11) is 2.01. The Morgan fingerprint density at radius 1 is 1.27 bits per heavy atom. The molecule has 0 aliphatic carbocycles. The molecule has 2 aliphatic heterocycles. The molecule has 0 aromatic heterocycles. The van der Waals surface area contributed by atoms with Crippen molar-refractivity contribution in [3.8, 4) is 0 Å². The van der Waals surface area contributed by atoms with Crippen LogP contribution in [0.4, 0.5) is 0 Å². The van der Waals surface area contributed by atoms with E-state index in [9.17, 15) is 9.59 Å². The highest BCUT2D eigenvalue weighted by atomic mass is 16.2. The average Bonchev–Trinajstić information content (AvgIpc) is 2.44. The van der Waals surface area contributed by atoms with Crippen molar-refractivity contribution < 1.29 is 9.59 Å². The third-order valence-corrected chi connectivity index (χ3v) is 3.13. The first-order valence-corrected chi connectivity index (χ1v) is 5.34. The molecule has 82 valence electrons. The van der Waals surface area contributed by atoms with Crippen molar-refractivity contribution in [2.24, 2.45) is 0 Å². The van der Waals surface area contributed by atoms with Crippen LogP contribution in [0.25, 0.3) is 0 Å². The molecular formula is C11H16N2O2. The summed E-state index contributed by atoms with van der Waals surface area (Å²) in [5.41, 5.74) is -0.235. The average molecular weight is 208 g/mol. The number of amides is 2. The first kappa shape index (κ1) is 10.4. The van der Waals surface area contributed by atoms with E-state index in [1.54, 1.807) is 0 Å². The standard InChI is InChI=1S/C11H16N2O2/c1-3-6-11(7-12(2)8-11)13-9(14)4-5-10(13)15/h4-5H,3,6-8H2,1-2H3. The fourth-order valence-corrected chi connectivity index (χ4v) is 2.70. The third kappa shape index (κ3) is 1.49. The van der Waals surface area contributed by atoms with E-state index in [-0.39, 0.29) is 17.4 Å². The van der Waals surface area contributed by atoms with E-state index >= 15 is 0 Å². The molecule has 0 atom stereocenters. The number of rotatable bonds is 3. The van der Waals surface area contributed by atoms with Crippen LogP contribution >= 0.6 is 0 Å². The van der Waals surface area contributed by atoms with Gasteiger partial charge in [0.2, 0.25) is 0 Å². The number of hydrogen-bond donors (Lipinski definition) is 0. The molecule has 0 radical (unpaired) electrons. The van der Waals surface area contributed by atoms with Crippen molar-refractivity contribution in [1.29, 1.82) is 0 Å². The molecule has 15 heavy (non-hydrogen) atoms. The molecule has 0 saturated carbocycles. The van der Waals surface area contributed by atoms with Crippen molar-refractivity contribution in [3.63, 3.8) is 0 Å². The second kappa shape index (κ2) is 3.45. The summed E-state index contributed by atoms with van der Waals surface area (Å²) in [6.07, 6.45) is 4.64. The van der Waals surface area contributed by atoms with Crippen molar-refractivity contribution in [2.75, 3.05) is 20.1 Å². The Bertz CT molecular complexity index is 306. The van der Waals surface area contributed by atoms with E-state index < -0.39 is 0 Å². The fraction of sp³-hybridized carbons (Fsp3) is 0.636. The van der Waals surface area contributed by atoms with Gasteiger partial charge in [-0.1, -0.05) is 13.3 Å². The Morgan fingerprint density at radius 3 is 2.20 bits per heavy atom. The zero-order valence-corrected chi connectivity index (χ0v) is 9.19. The van der Waals surface area contributed by atoms with E-state index in [1.165, 1.54) is 17.1 Å². The molecule has 0 spiro atoms. The Balaban J connectivity index is 2.19. The van der Waals surface area contributed by atoms with Crippen LogP contribution in [0.5, 0.6) is 0 Å². The van der Waals surface area contributed by atoms with Crippen LogP contribution < -0.4 is 0 Å². The van der Waals surface area contributed by atoms with Crippen LogP contribution in [0, 0.1) is 0 Å². The highest BCUT2D eigenvalue weighted by molar-refractivity contribution is 6.13. The second-order valence-corrected chi connectivity index (χ2v) is 4.49. The number of likely N-dealkylation sites (N-methyl/N-ethyl adjacent to an activating group) is 1. The quantitative estimate of drug-likeness (QED) is 0.630. The maximum atomic E-state index is 11.6. The monoisotopic (exact) mass is 208 g/mol. The first-order valence-electron chi connectivity index (χ1n) is 5.34. The smallest absolute Gasteiger partial charge is 0.254 e. The van der Waals surface area contributed by atoms with Gasteiger partial charge in [0.05, 0.1) is 5.54 Å². The Labute approximate surface area is 89.5 Å². The maximum Gasteiger partial charge on any atom is 0.254 e. The van der Waals surface area contributed by atoms with Gasteiger partial charge in [-0.05, 0) is 13.5 Å². The van der Waals surface area contributed by atoms with Crippen LogP contribution in [-0.2, 0) is 9.59 Å². The number of nitrogens with zero attached hydrogens (tertiary/aromatic N) is 2. The molecule has 2 aliphatic rings. The van der Waals surface area contributed by atoms with E-state index in [0.29, 0.717) is 0 Å². The van der Waals surface area contributed by atoms with Gasteiger partial charge in [-0.15, -0.1) is 0 Å². The molecule has 0 unspecified atom stereocenters. The number of likely N-dealkylation sites (tertiary alicyclic amines) is 1. The molecule has 1 saturated heterocycles. The van der Waals surface area contributed by atoms with Gasteiger partial charge in [0.25, 0.3) is 11.8 Å². The second-order valence-electron chi connectivity index (χ2n) is 4.49. The Morgan fingerprint density at radius 2 is 1.80 bits per heavy atom. The van der Waals surface area contributed by atoms with E-state index in [1.807, 2.05) is 7.05 Å². The normalized spacial score (nSPS) is 24.8. The van der Waals surface area contributed by atoms with Gasteiger partial charge in [-0.2, -0.15) is 0 Å². The summed E-state index contributed by atoms with van der Waals surface area (Å²) in [6, 6.07) is 0. The number of imide groups is 1. The predicted molar refractivity (Wildman–Crippen MR) is 56.1 cm³/mol. The largest absolute Gasteiger partial charge is 0.302 e. The summed E-state index contributed by atoms with van der Waals surface area (Å²) in [4.78, 5) is 26.8. The molecule has 0 N–H and O–H groups in total. The lowest BCUT2D eigenvalue weighted by atomic mass is 9.84. The lowest BCUT2D eigenvalue weighted by molar-refractivity contribution is -0.152. The van der Waals surface area contributed by atoms with Crippen LogP contribution in [0.1, 0.15) is 19.8 Å². The SMILES string of the molecule is CCCC1(N2C(=O)C=CC2=O)CN(C)C1. The number of hydrogen-bond acceptors (Lipinski definition) is 3. The van der Waals surface area contributed by atoms with E-state index in [4.69, 9.17) is 0 Å². The third-order valence-electron chi connectivity index (χ3n) is 3.13. The Kier molecular flexibility index (Phi) is 2.38. The van der Waals surface area contributed by atoms with E-state index in [0.717, 1.165) is 25.9 Å². The number of carbonyl (C=O) groups excluding carboxylic acids is 2. The molecule has 2 amide bonds. The van der Waals surface area contributed by atoms with Gasteiger partial charge in [-0.25, -0.2) is 0 Å². The molecule has 4 heteroatoms. The summed E-state index contributed by atoms with van der Waals surface area (Å²) in [6.45, 7) is 3.69. The predicted octanol–water partition coefficient (Wildman–Crippen LogP) is 0.396. The summed E-state index contributed by atoms with van der Waals surface area (Å²) in [5.74, 6) is -0.303. The fourth-order valence-electron chi connectivity index (χ4n) is 2.70. The molecule has 2 rings (SSSR count). The van der Waals surface area contributed by atoms with Crippen LogP contribution in [0.2, 0.25) is 0 Å². The first-order chi connectivity index (χ1) is 7.09. The van der Waals surface area contributed by atoms with Gasteiger partial charge in [-0.3, -0.25) is 14.5 Å². The zero-order valence-electron chi connectivity index (χ0n) is 9.19. The number of carbonyl (C=O) groups is 2. The molecule has 4 nitrogen and oxygen atoms in total. The van der Waals surface area contributed by atoms with Gasteiger partial charge >= 0.3 is 0 Å². The van der Waals surface area contributed by atoms with Crippen molar-refractivity contribution in [3.05, 3.63) is 12.2 Å². The zero-order chi connectivity index (χ0) is 11.1. The van der Waals surface area contributed by atoms with Crippen molar-refractivity contribution in [2.45, 2.75) is 25.3 Å². The summed E-state index contributed by atoms with van der Waals surface area (Å²) >= 11 is 0. The molecule has 0 aromatic rings. The minimum absolute atomic E-state index is 0.151. The summed E-state index contributed by atoms with van der Waals surface area (Å²) < 4.78 is 0. The minimum atomic E-state index is -0.235. The maximum absolute atomic E-state index is 11.6. The van der Waals surface area contributed by atoms with E-state index in [2.05, 4.69) is 11.8 Å². The highest BCUT2D eigenvalue weighted by Crippen LogP contribution is 2.33. The highest BCUT2D eigenvalue weighted by Gasteiger charge is 2.50. The van der Waals surface area contributed by atoms with Crippen LogP contribution in [0.15, 0.2) is 12.2 Å². The topological polar surface area (TPSA) is 40.6 Å². The Hall–Kier alpha value is -1.16. The molecule has 2 heterocycles. The van der Waals surface area contributed by atoms with Gasteiger partial charge < -0.3 is 4.90 Å². The van der Waals surface area contributed by atoms with Crippen LogP contribution in [-0.4, -0.2) is 47.3 Å². The lowest BCUT2D eigenvalue weighted by Crippen LogP contribution is -2.70. The molecule has 1 fully saturated rings. The van der Waals surface area contributed by atoms with Crippen LogP contribution in [0.3, 0.4) is 0 Å². The molecular weight excluding hydrogens is 192 g/mol. The minimum Gasteiger partial charge on any atom is -0.302 e.